The van der Waals surface area contributed by atoms with Gasteiger partial charge in [0.25, 0.3) is 5.91 Å². The number of hydrogen-bond acceptors (Lipinski definition) is 4. The van der Waals surface area contributed by atoms with Crippen molar-refractivity contribution in [3.63, 3.8) is 0 Å². The lowest BCUT2D eigenvalue weighted by Gasteiger charge is -2.11. The van der Waals surface area contributed by atoms with E-state index < -0.39 is 0 Å². The lowest BCUT2D eigenvalue weighted by Crippen LogP contribution is -2.13. The Kier molecular flexibility index (Phi) is 6.14. The van der Waals surface area contributed by atoms with Crippen molar-refractivity contribution in [3.8, 4) is 11.8 Å². The summed E-state index contributed by atoms with van der Waals surface area (Å²) in [6, 6.07) is 24.4. The summed E-state index contributed by atoms with van der Waals surface area (Å²) < 4.78 is 5.19. The molecular weight excluding hydrogens is 356 g/mol. The predicted molar refractivity (Wildman–Crippen MR) is 108 cm³/mol. The number of hydrogen-bond donors (Lipinski definition) is 1. The lowest BCUT2D eigenvalue weighted by atomic mass is 10.2. The van der Waals surface area contributed by atoms with Gasteiger partial charge >= 0.3 is 0 Å². The summed E-state index contributed by atoms with van der Waals surface area (Å²) >= 11 is 1.59. The average Bonchev–Trinajstić information content (AvgIpc) is 2.73. The number of rotatable bonds is 6. The molecule has 3 rings (SSSR count). The molecule has 27 heavy (non-hydrogen) atoms. The number of nitrogens with zero attached hydrogens (tertiary/aromatic N) is 1. The van der Waals surface area contributed by atoms with Crippen LogP contribution in [0.1, 0.15) is 21.5 Å². The van der Waals surface area contributed by atoms with Crippen LogP contribution in [-0.2, 0) is 5.75 Å². The van der Waals surface area contributed by atoms with E-state index in [1.165, 1.54) is 0 Å². The average molecular weight is 374 g/mol. The Hall–Kier alpha value is -3.23. The molecule has 0 aromatic heterocycles. The molecule has 0 aliphatic heterocycles. The molecule has 0 aliphatic rings. The van der Waals surface area contributed by atoms with E-state index in [4.69, 9.17) is 10.00 Å². The molecule has 0 saturated heterocycles. The Morgan fingerprint density at radius 2 is 1.85 bits per heavy atom. The van der Waals surface area contributed by atoms with Crippen molar-refractivity contribution in [2.75, 3.05) is 12.4 Å². The topological polar surface area (TPSA) is 62.1 Å². The minimum Gasteiger partial charge on any atom is -0.497 e. The Morgan fingerprint density at radius 3 is 2.59 bits per heavy atom. The summed E-state index contributed by atoms with van der Waals surface area (Å²) in [6.07, 6.45) is 0. The Bertz CT molecular complexity index is 978. The van der Waals surface area contributed by atoms with Gasteiger partial charge in [0.1, 0.15) is 5.75 Å². The highest BCUT2D eigenvalue weighted by Gasteiger charge is 2.12. The third-order valence-electron chi connectivity index (χ3n) is 3.94. The fraction of sp³-hybridized carbons (Fsp3) is 0.0909. The van der Waals surface area contributed by atoms with Crippen molar-refractivity contribution >= 4 is 23.4 Å². The van der Waals surface area contributed by atoms with Crippen molar-refractivity contribution in [2.24, 2.45) is 0 Å². The highest BCUT2D eigenvalue weighted by Crippen LogP contribution is 2.27. The number of nitriles is 1. The zero-order valence-corrected chi connectivity index (χ0v) is 15.6. The number of methoxy groups -OCH3 is 1. The molecule has 5 heteroatoms. The second-order valence-electron chi connectivity index (χ2n) is 5.78. The van der Waals surface area contributed by atoms with Crippen LogP contribution in [0.3, 0.4) is 0 Å². The molecule has 0 bridgehead atoms. The minimum atomic E-state index is -0.161. The van der Waals surface area contributed by atoms with Crippen molar-refractivity contribution in [1.29, 1.82) is 5.26 Å². The molecular formula is C22H18N2O2S. The monoisotopic (exact) mass is 374 g/mol. The lowest BCUT2D eigenvalue weighted by molar-refractivity contribution is 0.102. The molecule has 134 valence electrons. The maximum Gasteiger partial charge on any atom is 0.256 e. The van der Waals surface area contributed by atoms with Gasteiger partial charge in [-0.15, -0.1) is 11.8 Å². The van der Waals surface area contributed by atoms with Gasteiger partial charge in [0.15, 0.2) is 0 Å². The van der Waals surface area contributed by atoms with Crippen LogP contribution in [0.2, 0.25) is 0 Å². The van der Waals surface area contributed by atoms with Gasteiger partial charge in [-0.25, -0.2) is 0 Å². The van der Waals surface area contributed by atoms with Gasteiger partial charge in [-0.05, 0) is 42.0 Å². The fourth-order valence-electron chi connectivity index (χ4n) is 2.52. The van der Waals surface area contributed by atoms with Gasteiger partial charge in [-0.2, -0.15) is 5.26 Å². The molecule has 0 atom stereocenters. The van der Waals surface area contributed by atoms with Crippen LogP contribution in [0.25, 0.3) is 0 Å². The zero-order valence-electron chi connectivity index (χ0n) is 14.8. The molecule has 1 N–H and O–H groups in total. The fourth-order valence-corrected chi connectivity index (χ4v) is 3.52. The Morgan fingerprint density at radius 1 is 1.07 bits per heavy atom. The molecule has 3 aromatic carbocycles. The smallest absolute Gasteiger partial charge is 0.256 e. The molecule has 4 nitrogen and oxygen atoms in total. The first-order chi connectivity index (χ1) is 13.2. The first-order valence-electron chi connectivity index (χ1n) is 8.36. The number of anilines is 1. The molecule has 0 radical (unpaired) electrons. The second-order valence-corrected chi connectivity index (χ2v) is 6.80. The standard InChI is InChI=1S/C22H18N2O2S/c1-26-19-6-4-5-18(13-19)24-22(25)20-7-2-3-8-21(20)27-15-17-11-9-16(14-23)10-12-17/h2-13H,15H2,1H3,(H,24,25). The largest absolute Gasteiger partial charge is 0.497 e. The summed E-state index contributed by atoms with van der Waals surface area (Å²) in [6.45, 7) is 0. The van der Waals surface area contributed by atoms with Crippen LogP contribution in [0.5, 0.6) is 5.75 Å². The highest BCUT2D eigenvalue weighted by molar-refractivity contribution is 7.98. The van der Waals surface area contributed by atoms with E-state index in [-0.39, 0.29) is 5.91 Å². The minimum absolute atomic E-state index is 0.161. The van der Waals surface area contributed by atoms with Gasteiger partial charge in [-0.1, -0.05) is 30.3 Å². The Balaban J connectivity index is 1.72. The van der Waals surface area contributed by atoms with Crippen LogP contribution < -0.4 is 10.1 Å². The molecule has 0 aliphatic carbocycles. The van der Waals surface area contributed by atoms with E-state index in [9.17, 15) is 4.79 Å². The molecule has 0 saturated carbocycles. The van der Waals surface area contributed by atoms with E-state index in [1.54, 1.807) is 37.1 Å². The van der Waals surface area contributed by atoms with E-state index in [0.29, 0.717) is 22.6 Å². The zero-order chi connectivity index (χ0) is 19.1. The number of nitrogens with one attached hydrogen (secondary N) is 1. The van der Waals surface area contributed by atoms with Crippen molar-refractivity contribution in [3.05, 3.63) is 89.5 Å². The second kappa shape index (κ2) is 8.93. The van der Waals surface area contributed by atoms with Crippen LogP contribution >= 0.6 is 11.8 Å². The van der Waals surface area contributed by atoms with Crippen molar-refractivity contribution in [1.82, 2.24) is 0 Å². The normalized spacial score (nSPS) is 10.1. The van der Waals surface area contributed by atoms with Gasteiger partial charge in [0, 0.05) is 22.4 Å². The number of amides is 1. The van der Waals surface area contributed by atoms with Gasteiger partial charge in [-0.3, -0.25) is 4.79 Å². The van der Waals surface area contributed by atoms with Crippen LogP contribution in [-0.4, -0.2) is 13.0 Å². The molecule has 0 unspecified atom stereocenters. The van der Waals surface area contributed by atoms with E-state index >= 15 is 0 Å². The molecule has 1 amide bonds. The molecule has 0 heterocycles. The number of thioether (sulfide) groups is 1. The predicted octanol–water partition coefficient (Wildman–Crippen LogP) is 5.11. The number of benzene rings is 3. The number of ether oxygens (including phenoxy) is 1. The SMILES string of the molecule is COc1cccc(NC(=O)c2ccccc2SCc2ccc(C#N)cc2)c1. The maximum absolute atomic E-state index is 12.7. The van der Waals surface area contributed by atoms with Crippen molar-refractivity contribution < 1.29 is 9.53 Å². The summed E-state index contributed by atoms with van der Waals surface area (Å²) in [5, 5.41) is 11.8. The molecule has 0 spiro atoms. The van der Waals surface area contributed by atoms with Gasteiger partial charge < -0.3 is 10.1 Å². The van der Waals surface area contributed by atoms with Gasteiger partial charge in [0.2, 0.25) is 0 Å². The third-order valence-corrected chi connectivity index (χ3v) is 5.08. The van der Waals surface area contributed by atoms with Crippen LogP contribution in [0.4, 0.5) is 5.69 Å². The first kappa shape index (κ1) is 18.6. The van der Waals surface area contributed by atoms with Crippen LogP contribution in [0, 0.1) is 11.3 Å². The first-order valence-corrected chi connectivity index (χ1v) is 9.34. The van der Waals surface area contributed by atoms with Gasteiger partial charge in [0.05, 0.1) is 24.3 Å². The summed E-state index contributed by atoms with van der Waals surface area (Å²) in [5.74, 6) is 1.25. The maximum atomic E-state index is 12.7. The van der Waals surface area contributed by atoms with E-state index in [1.807, 2.05) is 54.6 Å². The number of carbonyl (C=O) groups excluding carboxylic acids is 1. The summed E-state index contributed by atoms with van der Waals surface area (Å²) in [4.78, 5) is 13.6. The van der Waals surface area contributed by atoms with E-state index in [2.05, 4.69) is 11.4 Å². The Labute approximate surface area is 162 Å². The molecule has 0 fully saturated rings. The highest BCUT2D eigenvalue weighted by atomic mass is 32.2. The summed E-state index contributed by atoms with van der Waals surface area (Å²) in [7, 11) is 1.59. The number of carbonyl (C=O) groups is 1. The molecule has 3 aromatic rings. The van der Waals surface area contributed by atoms with E-state index in [0.717, 1.165) is 16.2 Å². The van der Waals surface area contributed by atoms with Crippen LogP contribution in [0.15, 0.2) is 77.7 Å². The van der Waals surface area contributed by atoms with Crippen molar-refractivity contribution in [2.45, 2.75) is 10.6 Å². The summed E-state index contributed by atoms with van der Waals surface area (Å²) in [5.41, 5.74) is 3.05. The third kappa shape index (κ3) is 4.90. The quantitative estimate of drug-likeness (QED) is 0.609.